The molecular formula is C13H20N2O3S. The van der Waals surface area contributed by atoms with E-state index in [0.717, 1.165) is 24.8 Å². The highest BCUT2D eigenvalue weighted by Crippen LogP contribution is 2.32. The summed E-state index contributed by atoms with van der Waals surface area (Å²) >= 11 is 0. The lowest BCUT2D eigenvalue weighted by Gasteiger charge is -2.21. The van der Waals surface area contributed by atoms with Crippen LogP contribution in [0.4, 0.5) is 5.69 Å². The lowest BCUT2D eigenvalue weighted by molar-refractivity contribution is 0.250. The van der Waals surface area contributed by atoms with Crippen molar-refractivity contribution in [3.63, 3.8) is 0 Å². The van der Waals surface area contributed by atoms with Crippen LogP contribution in [-0.2, 0) is 16.4 Å². The Bertz CT molecular complexity index is 553. The molecule has 0 aromatic heterocycles. The molecule has 19 heavy (non-hydrogen) atoms. The van der Waals surface area contributed by atoms with E-state index in [1.54, 1.807) is 12.1 Å². The predicted molar refractivity (Wildman–Crippen MR) is 74.2 cm³/mol. The number of rotatable bonds is 6. The first kappa shape index (κ1) is 14.3. The molecule has 0 heterocycles. The Morgan fingerprint density at radius 2 is 2.11 bits per heavy atom. The molecule has 0 radical (unpaired) electrons. The smallest absolute Gasteiger partial charge is 0.243 e. The molecule has 2 rings (SSSR count). The van der Waals surface area contributed by atoms with Crippen molar-refractivity contribution in [2.75, 3.05) is 18.9 Å². The molecule has 1 fully saturated rings. The second-order valence-electron chi connectivity index (χ2n) is 4.78. The second-order valence-corrected chi connectivity index (χ2v) is 6.68. The molecule has 0 spiro atoms. The third-order valence-corrected chi connectivity index (χ3v) is 5.33. The zero-order valence-corrected chi connectivity index (χ0v) is 11.9. The molecule has 0 unspecified atom stereocenters. The first-order valence-corrected chi connectivity index (χ1v) is 7.95. The van der Waals surface area contributed by atoms with Gasteiger partial charge in [-0.1, -0.05) is 13.0 Å². The predicted octanol–water partition coefficient (Wildman–Crippen LogP) is 0.977. The van der Waals surface area contributed by atoms with Gasteiger partial charge in [-0.15, -0.1) is 0 Å². The Morgan fingerprint density at radius 3 is 2.58 bits per heavy atom. The van der Waals surface area contributed by atoms with Crippen LogP contribution in [0.15, 0.2) is 23.1 Å². The first-order valence-electron chi connectivity index (χ1n) is 6.51. The van der Waals surface area contributed by atoms with E-state index in [1.165, 1.54) is 10.4 Å². The Balaban J connectivity index is 2.34. The van der Waals surface area contributed by atoms with Gasteiger partial charge < -0.3 is 10.8 Å². The maximum Gasteiger partial charge on any atom is 0.243 e. The van der Waals surface area contributed by atoms with Crippen LogP contribution in [0.1, 0.15) is 25.3 Å². The van der Waals surface area contributed by atoms with E-state index in [-0.39, 0.29) is 24.1 Å². The summed E-state index contributed by atoms with van der Waals surface area (Å²) in [5, 5.41) is 9.03. The van der Waals surface area contributed by atoms with Gasteiger partial charge in [-0.3, -0.25) is 0 Å². The van der Waals surface area contributed by atoms with Crippen molar-refractivity contribution in [2.45, 2.75) is 37.1 Å². The van der Waals surface area contributed by atoms with E-state index in [9.17, 15) is 8.42 Å². The van der Waals surface area contributed by atoms with Gasteiger partial charge in [0.15, 0.2) is 0 Å². The molecule has 1 aliphatic carbocycles. The second kappa shape index (κ2) is 5.48. The molecule has 0 atom stereocenters. The molecule has 106 valence electrons. The Morgan fingerprint density at radius 1 is 1.42 bits per heavy atom. The van der Waals surface area contributed by atoms with E-state index in [0.29, 0.717) is 5.69 Å². The van der Waals surface area contributed by atoms with Crippen molar-refractivity contribution in [2.24, 2.45) is 0 Å². The van der Waals surface area contributed by atoms with Crippen molar-refractivity contribution >= 4 is 15.7 Å². The standard InChI is InChI=1S/C13H20N2O3S/c1-2-10-3-6-12(9-13(10)14)19(17,18)15(7-8-16)11-4-5-11/h3,6,9,11,16H,2,4-5,7-8,14H2,1H3. The van der Waals surface area contributed by atoms with Gasteiger partial charge >= 0.3 is 0 Å². The van der Waals surface area contributed by atoms with Crippen LogP contribution in [0.3, 0.4) is 0 Å². The maximum absolute atomic E-state index is 12.5. The van der Waals surface area contributed by atoms with E-state index >= 15 is 0 Å². The van der Waals surface area contributed by atoms with Crippen LogP contribution in [0, 0.1) is 0 Å². The number of benzene rings is 1. The van der Waals surface area contributed by atoms with Crippen LogP contribution >= 0.6 is 0 Å². The minimum absolute atomic E-state index is 0.0317. The summed E-state index contributed by atoms with van der Waals surface area (Å²) in [5.41, 5.74) is 7.31. The quantitative estimate of drug-likeness (QED) is 0.763. The fraction of sp³-hybridized carbons (Fsp3) is 0.538. The zero-order chi connectivity index (χ0) is 14.0. The molecule has 1 aliphatic rings. The number of nitrogens with two attached hydrogens (primary N) is 1. The van der Waals surface area contributed by atoms with Crippen LogP contribution in [-0.4, -0.2) is 37.0 Å². The Kier molecular flexibility index (Phi) is 4.13. The van der Waals surface area contributed by atoms with Crippen LogP contribution in [0.2, 0.25) is 0 Å². The number of sulfonamides is 1. The summed E-state index contributed by atoms with van der Waals surface area (Å²) in [5.74, 6) is 0. The number of aryl methyl sites for hydroxylation is 1. The summed E-state index contributed by atoms with van der Waals surface area (Å²) in [6, 6.07) is 4.90. The van der Waals surface area contributed by atoms with Gasteiger partial charge in [-0.05, 0) is 37.0 Å². The minimum atomic E-state index is -3.55. The lowest BCUT2D eigenvalue weighted by Crippen LogP contribution is -2.35. The largest absolute Gasteiger partial charge is 0.398 e. The average Bonchev–Trinajstić information content (AvgIpc) is 3.19. The summed E-state index contributed by atoms with van der Waals surface area (Å²) in [4.78, 5) is 0.211. The number of nitrogens with zero attached hydrogens (tertiary/aromatic N) is 1. The summed E-state index contributed by atoms with van der Waals surface area (Å²) in [7, 11) is -3.55. The van der Waals surface area contributed by atoms with Crippen LogP contribution in [0.5, 0.6) is 0 Å². The molecule has 1 aromatic carbocycles. The van der Waals surface area contributed by atoms with Crippen molar-refractivity contribution in [1.29, 1.82) is 0 Å². The summed E-state index contributed by atoms with van der Waals surface area (Å²) < 4.78 is 26.4. The molecule has 5 nitrogen and oxygen atoms in total. The summed E-state index contributed by atoms with van der Waals surface area (Å²) in [6.07, 6.45) is 2.50. The third kappa shape index (κ3) is 2.91. The Labute approximate surface area is 114 Å². The van der Waals surface area contributed by atoms with Gasteiger partial charge in [0, 0.05) is 18.3 Å². The van der Waals surface area contributed by atoms with E-state index in [4.69, 9.17) is 10.8 Å². The highest BCUT2D eigenvalue weighted by Gasteiger charge is 2.37. The average molecular weight is 284 g/mol. The molecular weight excluding hydrogens is 264 g/mol. The number of aliphatic hydroxyl groups is 1. The fourth-order valence-electron chi connectivity index (χ4n) is 2.15. The van der Waals surface area contributed by atoms with Crippen LogP contribution < -0.4 is 5.73 Å². The highest BCUT2D eigenvalue weighted by molar-refractivity contribution is 7.89. The highest BCUT2D eigenvalue weighted by atomic mass is 32.2. The maximum atomic E-state index is 12.5. The van der Waals surface area contributed by atoms with Crippen LogP contribution in [0.25, 0.3) is 0 Å². The molecule has 0 bridgehead atoms. The number of hydrogen-bond acceptors (Lipinski definition) is 4. The monoisotopic (exact) mass is 284 g/mol. The number of aliphatic hydroxyl groups excluding tert-OH is 1. The molecule has 0 aliphatic heterocycles. The van der Waals surface area contributed by atoms with Gasteiger partial charge in [-0.25, -0.2) is 8.42 Å². The van der Waals surface area contributed by atoms with Crippen molar-refractivity contribution < 1.29 is 13.5 Å². The van der Waals surface area contributed by atoms with Crippen molar-refractivity contribution in [1.82, 2.24) is 4.31 Å². The first-order chi connectivity index (χ1) is 9.00. The number of anilines is 1. The van der Waals surface area contributed by atoms with Crippen molar-refractivity contribution in [3.8, 4) is 0 Å². The topological polar surface area (TPSA) is 83.6 Å². The molecule has 6 heteroatoms. The zero-order valence-electron chi connectivity index (χ0n) is 11.0. The summed E-state index contributed by atoms with van der Waals surface area (Å²) in [6.45, 7) is 1.95. The fourth-order valence-corrected chi connectivity index (χ4v) is 3.86. The molecule has 1 saturated carbocycles. The number of hydrogen-bond donors (Lipinski definition) is 2. The van der Waals surface area contributed by atoms with Gasteiger partial charge in [-0.2, -0.15) is 4.31 Å². The van der Waals surface area contributed by atoms with Gasteiger partial charge in [0.25, 0.3) is 0 Å². The lowest BCUT2D eigenvalue weighted by atomic mass is 10.1. The van der Waals surface area contributed by atoms with E-state index in [2.05, 4.69) is 0 Å². The third-order valence-electron chi connectivity index (χ3n) is 3.38. The van der Waals surface area contributed by atoms with Gasteiger partial charge in [0.1, 0.15) is 0 Å². The molecule has 0 saturated heterocycles. The van der Waals surface area contributed by atoms with Crippen molar-refractivity contribution in [3.05, 3.63) is 23.8 Å². The minimum Gasteiger partial charge on any atom is -0.398 e. The SMILES string of the molecule is CCc1ccc(S(=O)(=O)N(CCO)C2CC2)cc1N. The van der Waals surface area contributed by atoms with E-state index < -0.39 is 10.0 Å². The van der Waals surface area contributed by atoms with E-state index in [1.807, 2.05) is 6.92 Å². The normalized spacial score (nSPS) is 15.9. The Hall–Kier alpha value is -1.11. The molecule has 3 N–H and O–H groups in total. The molecule has 0 amide bonds. The van der Waals surface area contributed by atoms with Gasteiger partial charge in [0.05, 0.1) is 11.5 Å². The molecule has 1 aromatic rings. The number of nitrogen functional groups attached to an aromatic ring is 1. The van der Waals surface area contributed by atoms with Gasteiger partial charge in [0.2, 0.25) is 10.0 Å².